The van der Waals surface area contributed by atoms with Gasteiger partial charge in [0.2, 0.25) is 11.8 Å². The summed E-state index contributed by atoms with van der Waals surface area (Å²) in [5.41, 5.74) is -1.29. The molecule has 4 saturated heterocycles. The number of piperazine rings is 2. The number of aromatic nitrogens is 3. The van der Waals surface area contributed by atoms with Crippen LogP contribution in [0.2, 0.25) is 5.02 Å². The number of piperidine rings is 2. The molecule has 4 aliphatic rings. The molecular formula is C57H71ClF4N12O7. The van der Waals surface area contributed by atoms with Gasteiger partial charge in [-0.05, 0) is 119 Å². The first kappa shape index (κ1) is 59.0. The van der Waals surface area contributed by atoms with Gasteiger partial charge in [-0.25, -0.2) is 19.2 Å². The van der Waals surface area contributed by atoms with Crippen molar-refractivity contribution in [3.8, 4) is 5.75 Å². The number of aromatic amines is 1. The van der Waals surface area contributed by atoms with Gasteiger partial charge in [-0.3, -0.25) is 34.4 Å². The third-order valence-electron chi connectivity index (χ3n) is 15.9. The Morgan fingerprint density at radius 2 is 1.54 bits per heavy atom. The van der Waals surface area contributed by atoms with Crippen molar-refractivity contribution in [2.75, 3.05) is 103 Å². The van der Waals surface area contributed by atoms with Gasteiger partial charge in [0, 0.05) is 114 Å². The number of fused-ring (bicyclic) bond motifs is 1. The van der Waals surface area contributed by atoms with E-state index in [2.05, 4.69) is 50.1 Å². The van der Waals surface area contributed by atoms with Crippen LogP contribution in [0.15, 0.2) is 79.3 Å². The number of non-ortho nitro benzene ring substituents is 1. The van der Waals surface area contributed by atoms with Gasteiger partial charge in [0.25, 0.3) is 5.69 Å². The smallest absolute Gasteiger partial charge is 0.419 e. The van der Waals surface area contributed by atoms with E-state index in [-0.39, 0.29) is 29.7 Å². The Morgan fingerprint density at radius 3 is 2.22 bits per heavy atom. The summed E-state index contributed by atoms with van der Waals surface area (Å²) in [5.74, 6) is -0.0576. The molecule has 0 aliphatic carbocycles. The first-order valence-electron chi connectivity index (χ1n) is 27.7. The second kappa shape index (κ2) is 25.6. The average Bonchev–Trinajstić information content (AvgIpc) is 3.93. The molecular weight excluding hydrogens is 1080 g/mol. The van der Waals surface area contributed by atoms with Gasteiger partial charge < -0.3 is 39.8 Å². The van der Waals surface area contributed by atoms with Crippen molar-refractivity contribution in [1.29, 1.82) is 0 Å². The van der Waals surface area contributed by atoms with E-state index < -0.39 is 45.8 Å². The highest BCUT2D eigenvalue weighted by Crippen LogP contribution is 2.35. The fraction of sp³-hybridized carbons (Fsp3) is 0.526. The minimum Gasteiger partial charge on any atom is -0.489 e. The summed E-state index contributed by atoms with van der Waals surface area (Å²) in [4.78, 5) is 78.3. The summed E-state index contributed by atoms with van der Waals surface area (Å²) in [5, 5.41) is 19.4. The van der Waals surface area contributed by atoms with E-state index in [9.17, 15) is 42.1 Å². The molecule has 24 heteroatoms. The molecule has 6 heterocycles. The van der Waals surface area contributed by atoms with Gasteiger partial charge in [0.15, 0.2) is 0 Å². The van der Waals surface area contributed by atoms with Crippen molar-refractivity contribution < 1.29 is 46.3 Å². The Kier molecular flexibility index (Phi) is 18.7. The van der Waals surface area contributed by atoms with Crippen molar-refractivity contribution in [2.24, 2.45) is 5.92 Å². The number of nitro groups is 1. The molecule has 19 nitrogen and oxygen atoms in total. The molecule has 81 heavy (non-hydrogen) atoms. The van der Waals surface area contributed by atoms with E-state index in [1.54, 1.807) is 32.9 Å². The summed E-state index contributed by atoms with van der Waals surface area (Å²) >= 11 is 6.33. The number of alkyl halides is 3. The molecule has 0 spiro atoms. The predicted molar refractivity (Wildman–Crippen MR) is 297 cm³/mol. The monoisotopic (exact) mass is 1150 g/mol. The topological polar surface area (TPSA) is 198 Å². The number of hydrogen-bond donors (Lipinski definition) is 3. The maximum atomic E-state index is 14.7. The lowest BCUT2D eigenvalue weighted by molar-refractivity contribution is -0.385. The molecule has 9 rings (SSSR count). The predicted octanol–water partition coefficient (Wildman–Crippen LogP) is 8.04. The fourth-order valence-corrected chi connectivity index (χ4v) is 11.4. The highest BCUT2D eigenvalue weighted by molar-refractivity contribution is 6.30. The highest BCUT2D eigenvalue weighted by Gasteiger charge is 2.45. The summed E-state index contributed by atoms with van der Waals surface area (Å²) in [6.45, 7) is 15.6. The number of nitro benzene ring substituents is 1. The molecule has 0 bridgehead atoms. The Balaban J connectivity index is 0.718. The second-order valence-electron chi connectivity index (χ2n) is 22.7. The van der Waals surface area contributed by atoms with Crippen molar-refractivity contribution >= 4 is 52.0 Å². The Hall–Kier alpha value is -6.66. The second-order valence-corrected chi connectivity index (χ2v) is 23.1. The zero-order chi connectivity index (χ0) is 57.5. The number of alkyl carbamates (subject to hydrolysis) is 1. The summed E-state index contributed by atoms with van der Waals surface area (Å²) in [6, 6.07) is 15.8. The zero-order valence-electron chi connectivity index (χ0n) is 46.0. The van der Waals surface area contributed by atoms with E-state index in [1.165, 1.54) is 30.6 Å². The molecule has 3 aromatic carbocycles. The third-order valence-corrected chi connectivity index (χ3v) is 16.1. The van der Waals surface area contributed by atoms with Crippen LogP contribution in [0.1, 0.15) is 81.2 Å². The average molecular weight is 1150 g/mol. The van der Waals surface area contributed by atoms with Crippen LogP contribution in [0.3, 0.4) is 0 Å². The number of benzene rings is 3. The van der Waals surface area contributed by atoms with Crippen LogP contribution in [-0.4, -0.2) is 172 Å². The Morgan fingerprint density at radius 1 is 0.852 bits per heavy atom. The SMILES string of the molecule is CC(C)(C)OC(=O)NC1(C(=O)N[C@@H](CCN2CCN(C(=O)CN3CCN(CC4CCN(Cc5cc([N+](=O)[O-])ccc5OCc5ccc(F)c(C(F)(F)F)c5)CC4)CC3)CC2)c2ccc(Cl)cc2)CCN(c2ncnc3[nH]ccc23)CC1. The maximum absolute atomic E-state index is 14.7. The first-order chi connectivity index (χ1) is 38.7. The van der Waals surface area contributed by atoms with Gasteiger partial charge >= 0.3 is 12.3 Å². The van der Waals surface area contributed by atoms with E-state index in [1.807, 2.05) is 29.3 Å². The number of hydrogen-bond acceptors (Lipinski definition) is 14. The van der Waals surface area contributed by atoms with Gasteiger partial charge in [-0.2, -0.15) is 13.2 Å². The molecule has 3 N–H and O–H groups in total. The molecule has 4 aliphatic heterocycles. The molecule has 0 saturated carbocycles. The first-order valence-corrected chi connectivity index (χ1v) is 28.1. The summed E-state index contributed by atoms with van der Waals surface area (Å²) < 4.78 is 65.5. The maximum Gasteiger partial charge on any atom is 0.419 e. The normalized spacial score (nSPS) is 18.6. The van der Waals surface area contributed by atoms with Crippen molar-refractivity contribution in [3.63, 3.8) is 0 Å². The van der Waals surface area contributed by atoms with Gasteiger partial charge in [0.05, 0.1) is 28.5 Å². The molecule has 436 valence electrons. The number of amides is 3. The molecule has 2 aromatic heterocycles. The molecule has 3 amide bonds. The van der Waals surface area contributed by atoms with Crippen LogP contribution in [0, 0.1) is 21.8 Å². The lowest BCUT2D eigenvalue weighted by atomic mass is 9.85. The van der Waals surface area contributed by atoms with Crippen molar-refractivity contribution in [3.05, 3.63) is 122 Å². The lowest BCUT2D eigenvalue weighted by Crippen LogP contribution is -2.64. The highest BCUT2D eigenvalue weighted by atomic mass is 35.5. The Labute approximate surface area is 473 Å². The van der Waals surface area contributed by atoms with E-state index in [0.29, 0.717) is 112 Å². The van der Waals surface area contributed by atoms with E-state index >= 15 is 0 Å². The molecule has 0 unspecified atom stereocenters. The van der Waals surface area contributed by atoms with Crippen LogP contribution in [0.4, 0.5) is 33.9 Å². The lowest BCUT2D eigenvalue weighted by Gasteiger charge is -2.42. The number of halogens is 5. The standard InChI is InChI=1S/C57H71ClF4N12O7/c1-55(2,3)81-54(77)67-56(16-22-73(23-17-56)52-45-12-18-63-51(45)64-38-65-52)53(76)66-48(41-5-7-43(58)8-6-41)15-21-68-28-30-72(31-29-68)50(75)36-71-26-24-70(25-27-71)34-39-13-19-69(20-14-39)35-42-33-44(74(78)79)9-11-49(42)80-37-40-4-10-47(59)46(32-40)57(60,61)62/h4-12,18,32-33,38-39,48H,13-17,19-31,34-37H2,1-3H3,(H,66,76)(H,67,77)(H,63,64,65)/t48-/m0/s1. The van der Waals surface area contributed by atoms with Gasteiger partial charge in [-0.15, -0.1) is 0 Å². The van der Waals surface area contributed by atoms with E-state index in [0.717, 1.165) is 81.5 Å². The number of carbonyl (C=O) groups excluding carboxylic acids is 3. The number of nitrogens with one attached hydrogen (secondary N) is 3. The third kappa shape index (κ3) is 15.5. The number of carbonyl (C=O) groups is 3. The van der Waals surface area contributed by atoms with Crippen molar-refractivity contribution in [2.45, 2.75) is 89.4 Å². The van der Waals surface area contributed by atoms with Crippen LogP contribution in [0.5, 0.6) is 5.75 Å². The fourth-order valence-electron chi connectivity index (χ4n) is 11.3. The molecule has 1 atom stereocenters. The molecule has 0 radical (unpaired) electrons. The molecule has 4 fully saturated rings. The van der Waals surface area contributed by atoms with Crippen LogP contribution in [-0.2, 0) is 33.7 Å². The minimum absolute atomic E-state index is 0.108. The number of anilines is 1. The number of rotatable bonds is 18. The number of H-pyrrole nitrogens is 1. The zero-order valence-corrected chi connectivity index (χ0v) is 46.7. The quantitative estimate of drug-likeness (QED) is 0.0433. The number of nitrogens with zero attached hydrogens (tertiary/aromatic N) is 9. The van der Waals surface area contributed by atoms with Crippen LogP contribution >= 0.6 is 11.6 Å². The largest absolute Gasteiger partial charge is 0.489 e. The van der Waals surface area contributed by atoms with Gasteiger partial charge in [0.1, 0.15) is 47.1 Å². The van der Waals surface area contributed by atoms with E-state index in [4.69, 9.17) is 21.1 Å². The number of ether oxygens (including phenoxy) is 2. The number of likely N-dealkylation sites (tertiary alicyclic amines) is 1. The van der Waals surface area contributed by atoms with Gasteiger partial charge in [-0.1, -0.05) is 29.8 Å². The minimum atomic E-state index is -4.86. The van der Waals surface area contributed by atoms with Crippen LogP contribution < -0.4 is 20.3 Å². The van der Waals surface area contributed by atoms with Crippen molar-refractivity contribution in [1.82, 2.24) is 50.1 Å². The summed E-state index contributed by atoms with van der Waals surface area (Å²) in [7, 11) is 0. The molecule has 5 aromatic rings. The summed E-state index contributed by atoms with van der Waals surface area (Å²) in [6.07, 6.45) is 0.815. The Bertz CT molecular complexity index is 2990. The van der Waals surface area contributed by atoms with Crippen LogP contribution in [0.25, 0.3) is 11.0 Å².